The number of nitrogens with zero attached hydrogens (tertiary/aromatic N) is 2. The van der Waals surface area contributed by atoms with E-state index in [0.29, 0.717) is 44.6 Å². The van der Waals surface area contributed by atoms with Gasteiger partial charge in [0.15, 0.2) is 10.9 Å². The lowest BCUT2D eigenvalue weighted by Gasteiger charge is -2.15. The highest BCUT2D eigenvalue weighted by Gasteiger charge is 2.22. The third-order valence-corrected chi connectivity index (χ3v) is 6.30. The minimum Gasteiger partial charge on any atom is -0.496 e. The highest BCUT2D eigenvalue weighted by molar-refractivity contribution is 7.99. The van der Waals surface area contributed by atoms with Crippen molar-refractivity contribution in [3.8, 4) is 22.9 Å². The Kier molecular flexibility index (Phi) is 6.88. The van der Waals surface area contributed by atoms with Crippen LogP contribution in [0.5, 0.6) is 17.2 Å². The fourth-order valence-electron chi connectivity index (χ4n) is 3.61. The number of thioether (sulfide) groups is 1. The molecule has 0 unspecified atom stereocenters. The lowest BCUT2D eigenvalue weighted by atomic mass is 10.1. The first-order chi connectivity index (χ1) is 16.5. The summed E-state index contributed by atoms with van der Waals surface area (Å²) in [5.41, 5.74) is 2.45. The minimum atomic E-state index is -0.223. The molecule has 174 valence electrons. The zero-order chi connectivity index (χ0) is 24.2. The summed E-state index contributed by atoms with van der Waals surface area (Å²) >= 11 is 1.19. The smallest absolute Gasteiger partial charge is 0.266 e. The van der Waals surface area contributed by atoms with Gasteiger partial charge >= 0.3 is 0 Å². The van der Waals surface area contributed by atoms with Crippen molar-refractivity contribution < 1.29 is 19.0 Å². The molecule has 4 rings (SSSR count). The normalized spacial score (nSPS) is 10.8. The number of fused-ring (bicyclic) bond motifs is 1. The van der Waals surface area contributed by atoms with Crippen LogP contribution in [0.4, 0.5) is 0 Å². The van der Waals surface area contributed by atoms with Crippen LogP contribution in [0, 0.1) is 6.92 Å². The number of methoxy groups -OCH3 is 3. The molecule has 7 nitrogen and oxygen atoms in total. The number of ketones is 1. The van der Waals surface area contributed by atoms with E-state index in [2.05, 4.69) is 0 Å². The molecule has 0 saturated heterocycles. The van der Waals surface area contributed by atoms with Crippen molar-refractivity contribution in [3.63, 3.8) is 0 Å². The molecule has 0 bridgehead atoms. The van der Waals surface area contributed by atoms with Crippen LogP contribution in [0.3, 0.4) is 0 Å². The number of benzene rings is 3. The maximum Gasteiger partial charge on any atom is 0.266 e. The summed E-state index contributed by atoms with van der Waals surface area (Å²) < 4.78 is 17.7. The SMILES string of the molecule is COc1cc(OC)c(C(=O)CSc2nc3ccccc3c(=O)n2-c2ccc(C)cc2)c(OC)c1. The van der Waals surface area contributed by atoms with Gasteiger partial charge in [-0.3, -0.25) is 14.2 Å². The number of aromatic nitrogens is 2. The fraction of sp³-hybridized carbons (Fsp3) is 0.192. The van der Waals surface area contributed by atoms with Crippen LogP contribution in [0.25, 0.3) is 16.6 Å². The number of aryl methyl sites for hydroxylation is 1. The van der Waals surface area contributed by atoms with Crippen LogP contribution < -0.4 is 19.8 Å². The number of carbonyl (C=O) groups excluding carboxylic acids is 1. The molecule has 4 aromatic rings. The molecule has 0 aliphatic rings. The Balaban J connectivity index is 1.76. The summed E-state index contributed by atoms with van der Waals surface area (Å²) in [6.45, 7) is 1.98. The van der Waals surface area contributed by atoms with Crippen molar-refractivity contribution in [2.75, 3.05) is 27.1 Å². The molecule has 1 aromatic heterocycles. The predicted octanol–water partition coefficient (Wildman–Crippen LogP) is 4.69. The molecule has 3 aromatic carbocycles. The fourth-order valence-corrected chi connectivity index (χ4v) is 4.50. The van der Waals surface area contributed by atoms with Gasteiger partial charge in [0.05, 0.1) is 43.7 Å². The Labute approximate surface area is 201 Å². The number of carbonyl (C=O) groups is 1. The van der Waals surface area contributed by atoms with E-state index in [4.69, 9.17) is 19.2 Å². The van der Waals surface area contributed by atoms with E-state index in [1.54, 1.807) is 28.8 Å². The summed E-state index contributed by atoms with van der Waals surface area (Å²) in [6, 6.07) is 18.1. The molecule has 0 radical (unpaired) electrons. The summed E-state index contributed by atoms with van der Waals surface area (Å²) in [6.07, 6.45) is 0. The molecule has 0 aliphatic carbocycles. The first-order valence-electron chi connectivity index (χ1n) is 10.5. The van der Waals surface area contributed by atoms with Gasteiger partial charge in [0.25, 0.3) is 5.56 Å². The number of hydrogen-bond acceptors (Lipinski definition) is 7. The Bertz CT molecular complexity index is 1390. The molecule has 0 atom stereocenters. The quantitative estimate of drug-likeness (QED) is 0.207. The molecule has 0 amide bonds. The van der Waals surface area contributed by atoms with Crippen molar-refractivity contribution >= 4 is 28.4 Å². The van der Waals surface area contributed by atoms with Crippen LogP contribution in [-0.4, -0.2) is 42.4 Å². The maximum atomic E-state index is 13.4. The van der Waals surface area contributed by atoms with Crippen molar-refractivity contribution in [2.45, 2.75) is 12.1 Å². The molecular formula is C26H24N2O5S. The summed E-state index contributed by atoms with van der Waals surface area (Å²) in [5, 5.41) is 0.935. The maximum absolute atomic E-state index is 13.4. The Morgan fingerprint density at radius 1 is 0.941 bits per heavy atom. The molecule has 34 heavy (non-hydrogen) atoms. The number of ether oxygens (including phenoxy) is 3. The zero-order valence-electron chi connectivity index (χ0n) is 19.3. The second-order valence-electron chi connectivity index (χ2n) is 7.51. The van der Waals surface area contributed by atoms with Crippen molar-refractivity contribution in [3.05, 3.63) is 82.1 Å². The van der Waals surface area contributed by atoms with E-state index in [1.165, 1.54) is 33.1 Å². The average molecular weight is 477 g/mol. The van der Waals surface area contributed by atoms with Gasteiger partial charge in [-0.15, -0.1) is 0 Å². The topological polar surface area (TPSA) is 79.7 Å². The largest absolute Gasteiger partial charge is 0.496 e. The molecule has 0 saturated carbocycles. The number of hydrogen-bond donors (Lipinski definition) is 0. The van der Waals surface area contributed by atoms with Crippen molar-refractivity contribution in [2.24, 2.45) is 0 Å². The van der Waals surface area contributed by atoms with Gasteiger partial charge in [-0.25, -0.2) is 4.98 Å². The van der Waals surface area contributed by atoms with E-state index in [1.807, 2.05) is 43.3 Å². The molecule has 1 heterocycles. The zero-order valence-corrected chi connectivity index (χ0v) is 20.1. The van der Waals surface area contributed by atoms with Crippen LogP contribution in [0.15, 0.2) is 70.6 Å². The van der Waals surface area contributed by atoms with Gasteiger partial charge in [-0.1, -0.05) is 41.6 Å². The van der Waals surface area contributed by atoms with E-state index >= 15 is 0 Å². The molecule has 0 fully saturated rings. The Hall–Kier alpha value is -3.78. The second kappa shape index (κ2) is 10.0. The third kappa shape index (κ3) is 4.49. The predicted molar refractivity (Wildman–Crippen MR) is 133 cm³/mol. The van der Waals surface area contributed by atoms with Crippen LogP contribution in [-0.2, 0) is 0 Å². The van der Waals surface area contributed by atoms with Crippen LogP contribution in [0.1, 0.15) is 15.9 Å². The van der Waals surface area contributed by atoms with Crippen LogP contribution in [0.2, 0.25) is 0 Å². The van der Waals surface area contributed by atoms with E-state index in [9.17, 15) is 9.59 Å². The molecule has 8 heteroatoms. The van der Waals surface area contributed by atoms with E-state index in [0.717, 1.165) is 5.56 Å². The van der Waals surface area contributed by atoms with Gasteiger partial charge in [0.2, 0.25) is 0 Å². The Morgan fingerprint density at radius 3 is 2.21 bits per heavy atom. The van der Waals surface area contributed by atoms with Gasteiger partial charge < -0.3 is 14.2 Å². The third-order valence-electron chi connectivity index (χ3n) is 5.36. The summed E-state index contributed by atoms with van der Waals surface area (Å²) in [5.74, 6) is 1.02. The van der Waals surface area contributed by atoms with E-state index in [-0.39, 0.29) is 17.1 Å². The molecule has 0 aliphatic heterocycles. The van der Waals surface area contributed by atoms with Gasteiger partial charge in [0, 0.05) is 12.1 Å². The monoisotopic (exact) mass is 476 g/mol. The van der Waals surface area contributed by atoms with Gasteiger partial charge in [0.1, 0.15) is 22.8 Å². The van der Waals surface area contributed by atoms with Crippen molar-refractivity contribution in [1.29, 1.82) is 0 Å². The Morgan fingerprint density at radius 2 is 1.59 bits per heavy atom. The summed E-state index contributed by atoms with van der Waals surface area (Å²) in [7, 11) is 4.50. The van der Waals surface area contributed by atoms with E-state index < -0.39 is 0 Å². The number of Topliss-reactive ketones (excluding diaryl/α,β-unsaturated/α-hetero) is 1. The van der Waals surface area contributed by atoms with Gasteiger partial charge in [-0.05, 0) is 31.2 Å². The highest BCUT2D eigenvalue weighted by atomic mass is 32.2. The average Bonchev–Trinajstić information content (AvgIpc) is 2.87. The lowest BCUT2D eigenvalue weighted by molar-refractivity contribution is 0.101. The number of rotatable bonds is 8. The first-order valence-corrected chi connectivity index (χ1v) is 11.5. The second-order valence-corrected chi connectivity index (χ2v) is 8.45. The standard InChI is InChI=1S/C26H24N2O5S/c1-16-9-11-17(12-10-16)28-25(30)19-7-5-6-8-20(19)27-26(28)34-15-21(29)24-22(32-3)13-18(31-2)14-23(24)33-4/h5-14H,15H2,1-4H3. The molecule has 0 spiro atoms. The minimum absolute atomic E-state index is 0.0235. The highest BCUT2D eigenvalue weighted by Crippen LogP contribution is 2.35. The van der Waals surface area contributed by atoms with Gasteiger partial charge in [-0.2, -0.15) is 0 Å². The lowest BCUT2D eigenvalue weighted by Crippen LogP contribution is -2.22. The number of para-hydroxylation sites is 1. The van der Waals surface area contributed by atoms with Crippen LogP contribution >= 0.6 is 11.8 Å². The molecular weight excluding hydrogens is 452 g/mol. The first kappa shape index (κ1) is 23.4. The molecule has 0 N–H and O–H groups in total. The van der Waals surface area contributed by atoms with Crippen molar-refractivity contribution in [1.82, 2.24) is 9.55 Å². The summed E-state index contributed by atoms with van der Waals surface area (Å²) in [4.78, 5) is 31.4.